The van der Waals surface area contributed by atoms with E-state index in [-0.39, 0.29) is 19.0 Å². The van der Waals surface area contributed by atoms with Crippen molar-refractivity contribution >= 4 is 5.97 Å². The molecule has 0 aliphatic carbocycles. The van der Waals surface area contributed by atoms with Crippen LogP contribution in [0.2, 0.25) is 0 Å². The molecule has 4 heteroatoms. The van der Waals surface area contributed by atoms with Crippen molar-refractivity contribution in [1.82, 2.24) is 0 Å². The third-order valence-electron chi connectivity index (χ3n) is 4.29. The molecule has 25 heavy (non-hydrogen) atoms. The zero-order valence-corrected chi connectivity index (χ0v) is 16.3. The van der Waals surface area contributed by atoms with Gasteiger partial charge in [0, 0.05) is 19.4 Å². The van der Waals surface area contributed by atoms with Crippen molar-refractivity contribution in [2.24, 2.45) is 0 Å². The number of hydrogen-bond donors (Lipinski definition) is 2. The smallest absolute Gasteiger partial charge is 0.308 e. The van der Waals surface area contributed by atoms with Crippen LogP contribution in [0.1, 0.15) is 103 Å². The fraction of sp³-hybridized carbons (Fsp3) is 0.857. The third kappa shape index (κ3) is 19.3. The van der Waals surface area contributed by atoms with Gasteiger partial charge in [0.15, 0.2) is 0 Å². The topological polar surface area (TPSA) is 66.8 Å². The summed E-state index contributed by atoms with van der Waals surface area (Å²) >= 11 is 0. The molecular formula is C21H40O4. The number of esters is 1. The minimum Gasteiger partial charge on any atom is -0.436 e. The monoisotopic (exact) mass is 356 g/mol. The normalized spacial score (nSPS) is 12.6. The summed E-state index contributed by atoms with van der Waals surface area (Å²) in [6, 6.07) is 0. The molecule has 0 amide bonds. The van der Waals surface area contributed by atoms with Gasteiger partial charge < -0.3 is 14.9 Å². The second-order valence-electron chi connectivity index (χ2n) is 6.79. The van der Waals surface area contributed by atoms with E-state index in [1.54, 1.807) is 0 Å². The summed E-state index contributed by atoms with van der Waals surface area (Å²) in [6.07, 6.45) is 19.8. The van der Waals surface area contributed by atoms with Gasteiger partial charge in [-0.05, 0) is 32.1 Å². The van der Waals surface area contributed by atoms with E-state index >= 15 is 0 Å². The van der Waals surface area contributed by atoms with Gasteiger partial charge in [-0.3, -0.25) is 4.79 Å². The lowest BCUT2D eigenvalue weighted by Crippen LogP contribution is -2.18. The minimum atomic E-state index is -1.17. The van der Waals surface area contributed by atoms with Gasteiger partial charge >= 0.3 is 5.97 Å². The number of ether oxygens (including phenoxy) is 1. The first-order valence-electron chi connectivity index (χ1n) is 10.3. The molecule has 0 fully saturated rings. The van der Waals surface area contributed by atoms with Gasteiger partial charge in [-0.15, -0.1) is 0 Å². The van der Waals surface area contributed by atoms with E-state index in [1.165, 1.54) is 57.8 Å². The number of carbonyl (C=O) groups excluding carboxylic acids is 1. The number of unbranched alkanes of at least 4 members (excludes halogenated alkanes) is 11. The standard InChI is InChI=1S/C21H40O4/c1-2-3-4-5-6-7-8-9-10-11-12-13-14-15-16-17-20(23)25-21(24)18-19-22/h9-10,21-22,24H,2-8,11-19H2,1H3/b10-9-. The Morgan fingerprint density at radius 2 is 1.40 bits per heavy atom. The largest absolute Gasteiger partial charge is 0.436 e. The summed E-state index contributed by atoms with van der Waals surface area (Å²) in [5, 5.41) is 17.8. The molecule has 0 rings (SSSR count). The maximum Gasteiger partial charge on any atom is 0.308 e. The van der Waals surface area contributed by atoms with Gasteiger partial charge in [-0.2, -0.15) is 0 Å². The highest BCUT2D eigenvalue weighted by Gasteiger charge is 2.09. The van der Waals surface area contributed by atoms with Crippen molar-refractivity contribution in [3.05, 3.63) is 12.2 Å². The zero-order chi connectivity index (χ0) is 18.6. The molecule has 0 bridgehead atoms. The molecule has 0 aliphatic rings. The maximum absolute atomic E-state index is 11.4. The fourth-order valence-electron chi connectivity index (χ4n) is 2.72. The van der Waals surface area contributed by atoms with E-state index in [4.69, 9.17) is 9.84 Å². The van der Waals surface area contributed by atoms with Gasteiger partial charge in [0.05, 0.1) is 0 Å². The van der Waals surface area contributed by atoms with Crippen LogP contribution in [0.5, 0.6) is 0 Å². The van der Waals surface area contributed by atoms with Crippen molar-refractivity contribution in [1.29, 1.82) is 0 Å². The Morgan fingerprint density at radius 1 is 0.880 bits per heavy atom. The molecule has 0 aromatic heterocycles. The summed E-state index contributed by atoms with van der Waals surface area (Å²) in [7, 11) is 0. The number of carbonyl (C=O) groups is 1. The molecular weight excluding hydrogens is 316 g/mol. The Hall–Kier alpha value is -0.870. The molecule has 0 saturated carbocycles. The zero-order valence-electron chi connectivity index (χ0n) is 16.3. The lowest BCUT2D eigenvalue weighted by Gasteiger charge is -2.10. The molecule has 0 aliphatic heterocycles. The van der Waals surface area contributed by atoms with Crippen molar-refractivity contribution in [2.75, 3.05) is 6.61 Å². The average Bonchev–Trinajstić information content (AvgIpc) is 2.58. The van der Waals surface area contributed by atoms with Gasteiger partial charge in [-0.1, -0.05) is 70.4 Å². The van der Waals surface area contributed by atoms with E-state index in [2.05, 4.69) is 19.1 Å². The fourth-order valence-corrected chi connectivity index (χ4v) is 2.72. The van der Waals surface area contributed by atoms with Crippen molar-refractivity contribution in [3.63, 3.8) is 0 Å². The van der Waals surface area contributed by atoms with Gasteiger partial charge in [0.2, 0.25) is 6.29 Å². The lowest BCUT2D eigenvalue weighted by atomic mass is 10.1. The summed E-state index contributed by atoms with van der Waals surface area (Å²) in [6.45, 7) is 2.07. The van der Waals surface area contributed by atoms with E-state index in [0.717, 1.165) is 25.7 Å². The van der Waals surface area contributed by atoms with Gasteiger partial charge in [0.1, 0.15) is 0 Å². The van der Waals surface area contributed by atoms with Crippen LogP contribution in [-0.2, 0) is 9.53 Å². The average molecular weight is 357 g/mol. The van der Waals surface area contributed by atoms with E-state index in [0.29, 0.717) is 6.42 Å². The second-order valence-corrected chi connectivity index (χ2v) is 6.79. The van der Waals surface area contributed by atoms with Crippen LogP contribution in [0, 0.1) is 0 Å². The van der Waals surface area contributed by atoms with E-state index in [1.807, 2.05) is 0 Å². The molecule has 0 radical (unpaired) electrons. The molecule has 1 atom stereocenters. The number of hydrogen-bond acceptors (Lipinski definition) is 4. The Labute approximate surface area is 154 Å². The summed E-state index contributed by atoms with van der Waals surface area (Å²) in [5.74, 6) is -0.376. The molecule has 0 aromatic rings. The molecule has 0 heterocycles. The highest BCUT2D eigenvalue weighted by atomic mass is 16.6. The molecule has 0 spiro atoms. The summed E-state index contributed by atoms with van der Waals surface area (Å²) < 4.78 is 4.76. The highest BCUT2D eigenvalue weighted by Crippen LogP contribution is 2.10. The SMILES string of the molecule is CCCCCCCC/C=C\CCCCCCCC(=O)OC(O)CCO. The van der Waals surface area contributed by atoms with Crippen LogP contribution >= 0.6 is 0 Å². The molecule has 1 unspecified atom stereocenters. The Morgan fingerprint density at radius 3 is 1.96 bits per heavy atom. The van der Waals surface area contributed by atoms with Crippen molar-refractivity contribution in [2.45, 2.75) is 110 Å². The Kier molecular flexibility index (Phi) is 18.8. The number of aliphatic hydroxyl groups excluding tert-OH is 2. The summed E-state index contributed by atoms with van der Waals surface area (Å²) in [4.78, 5) is 11.4. The van der Waals surface area contributed by atoms with Crippen LogP contribution in [0.4, 0.5) is 0 Å². The quantitative estimate of drug-likeness (QED) is 0.152. The van der Waals surface area contributed by atoms with E-state index < -0.39 is 6.29 Å². The Balaban J connectivity index is 3.25. The van der Waals surface area contributed by atoms with Crippen LogP contribution in [-0.4, -0.2) is 29.1 Å². The van der Waals surface area contributed by atoms with E-state index in [9.17, 15) is 9.90 Å². The first kappa shape index (κ1) is 24.1. The predicted octanol–water partition coefficient (Wildman–Crippen LogP) is 5.27. The molecule has 0 saturated heterocycles. The number of allylic oxidation sites excluding steroid dienone is 2. The van der Waals surface area contributed by atoms with Crippen LogP contribution in [0.15, 0.2) is 12.2 Å². The second kappa shape index (κ2) is 19.5. The minimum absolute atomic E-state index is 0.0815. The number of rotatable bonds is 18. The highest BCUT2D eigenvalue weighted by molar-refractivity contribution is 5.69. The van der Waals surface area contributed by atoms with Crippen molar-refractivity contribution in [3.8, 4) is 0 Å². The molecule has 0 aromatic carbocycles. The third-order valence-corrected chi connectivity index (χ3v) is 4.29. The van der Waals surface area contributed by atoms with Crippen LogP contribution in [0.25, 0.3) is 0 Å². The molecule has 148 valence electrons. The number of aliphatic hydroxyl groups is 2. The first-order valence-corrected chi connectivity index (χ1v) is 10.3. The first-order chi connectivity index (χ1) is 12.2. The summed E-state index contributed by atoms with van der Waals surface area (Å²) in [5.41, 5.74) is 0. The predicted molar refractivity (Wildman–Crippen MR) is 103 cm³/mol. The Bertz CT molecular complexity index is 315. The maximum atomic E-state index is 11.4. The van der Waals surface area contributed by atoms with Crippen LogP contribution < -0.4 is 0 Å². The van der Waals surface area contributed by atoms with Gasteiger partial charge in [0.25, 0.3) is 0 Å². The van der Waals surface area contributed by atoms with Crippen molar-refractivity contribution < 1.29 is 19.7 Å². The van der Waals surface area contributed by atoms with Gasteiger partial charge in [-0.25, -0.2) is 0 Å². The lowest BCUT2D eigenvalue weighted by molar-refractivity contribution is -0.169. The molecule has 4 nitrogen and oxygen atoms in total. The van der Waals surface area contributed by atoms with Crippen LogP contribution in [0.3, 0.4) is 0 Å². The molecule has 2 N–H and O–H groups in total.